The van der Waals surface area contributed by atoms with Crippen LogP contribution < -0.4 is 15.4 Å². The topological polar surface area (TPSA) is 91.8 Å². The molecule has 1 unspecified atom stereocenters. The van der Waals surface area contributed by atoms with Crippen LogP contribution in [0.25, 0.3) is 0 Å². The summed E-state index contributed by atoms with van der Waals surface area (Å²) in [7, 11) is -3.37. The molecule has 2 rings (SSSR count). The highest BCUT2D eigenvalue weighted by Gasteiger charge is 2.17. The van der Waals surface area contributed by atoms with E-state index in [2.05, 4.69) is 20.3 Å². The molecule has 0 radical (unpaired) electrons. The lowest BCUT2D eigenvalue weighted by molar-refractivity contribution is 0.0200. The fourth-order valence-corrected chi connectivity index (χ4v) is 4.04. The number of ether oxygens (including phenoxy) is 1. The lowest BCUT2D eigenvalue weighted by Gasteiger charge is -2.22. The van der Waals surface area contributed by atoms with Crippen LogP contribution in [0.4, 0.5) is 0 Å². The molecule has 3 N–H and O–H groups in total. The van der Waals surface area contributed by atoms with Crippen molar-refractivity contribution in [3.63, 3.8) is 0 Å². The number of guanidine groups is 1. The van der Waals surface area contributed by atoms with Crippen molar-refractivity contribution in [2.24, 2.45) is 4.99 Å². The lowest BCUT2D eigenvalue weighted by Crippen LogP contribution is -2.39. The predicted octanol–water partition coefficient (Wildman–Crippen LogP) is 1.93. The molecule has 0 aliphatic carbocycles. The van der Waals surface area contributed by atoms with Gasteiger partial charge >= 0.3 is 0 Å². The Kier molecular flexibility index (Phi) is 10.0. The minimum absolute atomic E-state index is 0.0178. The Morgan fingerprint density at radius 2 is 2.11 bits per heavy atom. The normalized spacial score (nSPS) is 18.1. The quantitative estimate of drug-likeness (QED) is 0.389. The zero-order chi connectivity index (χ0) is 20.2. The molecule has 0 bridgehead atoms. The fourth-order valence-electron chi connectivity index (χ4n) is 2.90. The molecule has 158 valence electrons. The van der Waals surface area contributed by atoms with Gasteiger partial charge in [0.25, 0.3) is 0 Å². The van der Waals surface area contributed by atoms with Gasteiger partial charge in [0.15, 0.2) is 5.96 Å². The minimum Gasteiger partial charge on any atom is -0.377 e. The summed E-state index contributed by atoms with van der Waals surface area (Å²) in [6.45, 7) is 4.54. The SMILES string of the molecule is CCNC(=NCCS(=O)(=O)NCC1CCCCO1)NCCc1ccccc1Cl. The highest BCUT2D eigenvalue weighted by atomic mass is 35.5. The zero-order valence-electron chi connectivity index (χ0n) is 16.4. The third-order valence-electron chi connectivity index (χ3n) is 4.42. The fraction of sp³-hybridized carbons (Fsp3) is 0.632. The van der Waals surface area contributed by atoms with Gasteiger partial charge < -0.3 is 15.4 Å². The molecule has 1 aliphatic rings. The molecule has 7 nitrogen and oxygen atoms in total. The van der Waals surface area contributed by atoms with Crippen molar-refractivity contribution >= 4 is 27.6 Å². The summed E-state index contributed by atoms with van der Waals surface area (Å²) in [6, 6.07) is 7.71. The van der Waals surface area contributed by atoms with Crippen LogP contribution in [0.2, 0.25) is 5.02 Å². The van der Waals surface area contributed by atoms with Crippen LogP contribution in [-0.4, -0.2) is 59.0 Å². The maximum atomic E-state index is 12.2. The van der Waals surface area contributed by atoms with E-state index >= 15 is 0 Å². The van der Waals surface area contributed by atoms with Crippen LogP contribution in [0.1, 0.15) is 31.7 Å². The Bertz CT molecular complexity index is 722. The van der Waals surface area contributed by atoms with Crippen LogP contribution in [0.15, 0.2) is 29.3 Å². The molecule has 0 spiro atoms. The average molecular weight is 431 g/mol. The summed E-state index contributed by atoms with van der Waals surface area (Å²) in [6.07, 6.45) is 3.78. The maximum Gasteiger partial charge on any atom is 0.213 e. The summed E-state index contributed by atoms with van der Waals surface area (Å²) < 4.78 is 32.5. The highest BCUT2D eigenvalue weighted by Crippen LogP contribution is 2.14. The second-order valence-electron chi connectivity index (χ2n) is 6.68. The van der Waals surface area contributed by atoms with Gasteiger partial charge in [-0.1, -0.05) is 29.8 Å². The van der Waals surface area contributed by atoms with Gasteiger partial charge in [-0.15, -0.1) is 0 Å². The van der Waals surface area contributed by atoms with Crippen molar-refractivity contribution in [2.45, 2.75) is 38.7 Å². The number of nitrogens with one attached hydrogen (secondary N) is 3. The van der Waals surface area contributed by atoms with Crippen molar-refractivity contribution in [3.05, 3.63) is 34.9 Å². The Morgan fingerprint density at radius 1 is 1.29 bits per heavy atom. The van der Waals surface area contributed by atoms with E-state index in [4.69, 9.17) is 16.3 Å². The molecular formula is C19H31ClN4O3S. The molecule has 1 aromatic rings. The Morgan fingerprint density at radius 3 is 2.82 bits per heavy atom. The van der Waals surface area contributed by atoms with E-state index in [0.717, 1.165) is 36.3 Å². The number of nitrogens with zero attached hydrogens (tertiary/aromatic N) is 1. The number of benzene rings is 1. The van der Waals surface area contributed by atoms with Gasteiger partial charge in [0.2, 0.25) is 10.0 Å². The summed E-state index contributed by atoms with van der Waals surface area (Å²) in [4.78, 5) is 4.36. The molecule has 0 saturated carbocycles. The van der Waals surface area contributed by atoms with Crippen LogP contribution in [0, 0.1) is 0 Å². The zero-order valence-corrected chi connectivity index (χ0v) is 18.0. The second-order valence-corrected chi connectivity index (χ2v) is 9.02. The summed E-state index contributed by atoms with van der Waals surface area (Å²) in [5.74, 6) is 0.543. The lowest BCUT2D eigenvalue weighted by atomic mass is 10.1. The van der Waals surface area contributed by atoms with Gasteiger partial charge in [-0.05, 0) is 44.2 Å². The van der Waals surface area contributed by atoms with Crippen LogP contribution in [0.3, 0.4) is 0 Å². The number of halogens is 1. The molecule has 0 amide bonds. The largest absolute Gasteiger partial charge is 0.377 e. The number of hydrogen-bond acceptors (Lipinski definition) is 4. The number of rotatable bonds is 10. The van der Waals surface area contributed by atoms with E-state index in [9.17, 15) is 8.42 Å². The number of aliphatic imine (C=N–C) groups is 1. The molecule has 28 heavy (non-hydrogen) atoms. The third-order valence-corrected chi connectivity index (χ3v) is 6.12. The molecule has 0 aromatic heterocycles. The Labute approximate surface area is 173 Å². The molecule has 1 saturated heterocycles. The first kappa shape index (κ1) is 22.9. The van der Waals surface area contributed by atoms with Crippen molar-refractivity contribution in [1.82, 2.24) is 15.4 Å². The Hall–Kier alpha value is -1.35. The van der Waals surface area contributed by atoms with Crippen LogP contribution in [0.5, 0.6) is 0 Å². The van der Waals surface area contributed by atoms with Gasteiger partial charge in [0, 0.05) is 31.3 Å². The average Bonchev–Trinajstić information content (AvgIpc) is 2.69. The van der Waals surface area contributed by atoms with E-state index in [1.807, 2.05) is 31.2 Å². The van der Waals surface area contributed by atoms with E-state index in [-0.39, 0.29) is 18.4 Å². The van der Waals surface area contributed by atoms with E-state index in [1.54, 1.807) is 0 Å². The van der Waals surface area contributed by atoms with Crippen molar-refractivity contribution < 1.29 is 13.2 Å². The highest BCUT2D eigenvalue weighted by molar-refractivity contribution is 7.89. The van der Waals surface area contributed by atoms with Gasteiger partial charge in [0.1, 0.15) is 0 Å². The standard InChI is InChI=1S/C19H31ClN4O3S/c1-2-21-19(22-11-10-16-7-3-4-9-18(16)20)23-12-14-28(25,26)24-15-17-8-5-6-13-27-17/h3-4,7,9,17,24H,2,5-6,8,10-15H2,1H3,(H2,21,22,23). The van der Waals surface area contributed by atoms with E-state index in [1.165, 1.54) is 0 Å². The van der Waals surface area contributed by atoms with E-state index in [0.29, 0.717) is 32.2 Å². The molecule has 1 fully saturated rings. The second kappa shape index (κ2) is 12.3. The van der Waals surface area contributed by atoms with E-state index < -0.39 is 10.0 Å². The van der Waals surface area contributed by atoms with Crippen LogP contribution in [-0.2, 0) is 21.2 Å². The molecule has 1 heterocycles. The van der Waals surface area contributed by atoms with Crippen molar-refractivity contribution in [1.29, 1.82) is 0 Å². The first-order valence-electron chi connectivity index (χ1n) is 9.84. The first-order chi connectivity index (χ1) is 13.5. The predicted molar refractivity (Wildman–Crippen MR) is 115 cm³/mol. The van der Waals surface area contributed by atoms with Gasteiger partial charge in [0.05, 0.1) is 18.4 Å². The van der Waals surface area contributed by atoms with Gasteiger partial charge in [-0.25, -0.2) is 13.1 Å². The van der Waals surface area contributed by atoms with Gasteiger partial charge in [-0.3, -0.25) is 4.99 Å². The molecular weight excluding hydrogens is 400 g/mol. The van der Waals surface area contributed by atoms with Crippen LogP contribution >= 0.6 is 11.6 Å². The number of hydrogen-bond donors (Lipinski definition) is 3. The van der Waals surface area contributed by atoms with Crippen molar-refractivity contribution in [3.8, 4) is 0 Å². The summed E-state index contributed by atoms with van der Waals surface area (Å²) >= 11 is 6.16. The maximum absolute atomic E-state index is 12.2. The summed E-state index contributed by atoms with van der Waals surface area (Å²) in [5, 5.41) is 7.08. The van der Waals surface area contributed by atoms with Gasteiger partial charge in [-0.2, -0.15) is 0 Å². The molecule has 9 heteroatoms. The number of sulfonamides is 1. The van der Waals surface area contributed by atoms with Crippen molar-refractivity contribution in [2.75, 3.05) is 38.5 Å². The Balaban J connectivity index is 1.75. The monoisotopic (exact) mass is 430 g/mol. The first-order valence-corrected chi connectivity index (χ1v) is 11.9. The molecule has 1 aromatic carbocycles. The third kappa shape index (κ3) is 8.77. The molecule has 1 aliphatic heterocycles. The summed E-state index contributed by atoms with van der Waals surface area (Å²) in [5.41, 5.74) is 1.06. The molecule has 1 atom stereocenters. The minimum atomic E-state index is -3.37. The smallest absolute Gasteiger partial charge is 0.213 e.